The maximum absolute atomic E-state index is 9.13. The van der Waals surface area contributed by atoms with Crippen LogP contribution in [0.2, 0.25) is 0 Å². The van der Waals surface area contributed by atoms with E-state index < -0.39 is 0 Å². The van der Waals surface area contributed by atoms with Crippen molar-refractivity contribution in [1.82, 2.24) is 10.3 Å². The van der Waals surface area contributed by atoms with Crippen LogP contribution in [0, 0.1) is 5.92 Å². The molecule has 0 unspecified atom stereocenters. The van der Waals surface area contributed by atoms with E-state index >= 15 is 0 Å². The van der Waals surface area contributed by atoms with E-state index in [1.54, 1.807) is 0 Å². The van der Waals surface area contributed by atoms with Gasteiger partial charge in [-0.2, -0.15) is 0 Å². The third-order valence-electron chi connectivity index (χ3n) is 2.64. The van der Waals surface area contributed by atoms with Crippen LogP contribution >= 0.6 is 0 Å². The second-order valence-corrected chi connectivity index (χ2v) is 3.46. The van der Waals surface area contributed by atoms with E-state index in [0.29, 0.717) is 11.8 Å². The van der Waals surface area contributed by atoms with E-state index in [9.17, 15) is 0 Å². The molecule has 0 spiro atoms. The Morgan fingerprint density at radius 3 is 3.08 bits per heavy atom. The van der Waals surface area contributed by atoms with Gasteiger partial charge >= 0.3 is 0 Å². The Morgan fingerprint density at radius 1 is 1.46 bits per heavy atom. The minimum absolute atomic E-state index is 0.244. The first-order chi connectivity index (χ1) is 6.42. The van der Waals surface area contributed by atoms with Gasteiger partial charge < -0.3 is 10.4 Å². The van der Waals surface area contributed by atoms with E-state index in [1.165, 1.54) is 0 Å². The van der Waals surface area contributed by atoms with Crippen molar-refractivity contribution in [3.8, 4) is 0 Å². The lowest BCUT2D eigenvalue weighted by Gasteiger charge is -2.14. The second kappa shape index (κ2) is 3.85. The third-order valence-corrected chi connectivity index (χ3v) is 2.64. The number of pyridine rings is 1. The Bertz CT molecular complexity index is 263. The fourth-order valence-electron chi connectivity index (χ4n) is 1.87. The molecular formula is C10H14N2O. The summed E-state index contributed by atoms with van der Waals surface area (Å²) in [5.41, 5.74) is 1.09. The average molecular weight is 178 g/mol. The summed E-state index contributed by atoms with van der Waals surface area (Å²) in [4.78, 5) is 4.31. The molecule has 0 aliphatic carbocycles. The molecule has 0 saturated carbocycles. The van der Waals surface area contributed by atoms with Gasteiger partial charge in [-0.05, 0) is 12.1 Å². The minimum atomic E-state index is 0.244. The predicted molar refractivity (Wildman–Crippen MR) is 50.4 cm³/mol. The summed E-state index contributed by atoms with van der Waals surface area (Å²) in [5.74, 6) is 0.709. The molecule has 2 heterocycles. The molecule has 1 aliphatic rings. The van der Waals surface area contributed by atoms with Crippen LogP contribution in [0.25, 0.3) is 0 Å². The zero-order valence-electron chi connectivity index (χ0n) is 7.48. The van der Waals surface area contributed by atoms with Crippen LogP contribution in [0.3, 0.4) is 0 Å². The van der Waals surface area contributed by atoms with Crippen molar-refractivity contribution in [2.75, 3.05) is 19.7 Å². The van der Waals surface area contributed by atoms with Crippen LogP contribution in [-0.4, -0.2) is 29.8 Å². The fourth-order valence-corrected chi connectivity index (χ4v) is 1.87. The molecule has 0 amide bonds. The standard InChI is InChI=1S/C10H14N2O/c13-7-8-5-11-6-9(8)10-3-1-2-4-12-10/h1-4,8-9,11,13H,5-7H2/t8-,9-/m1/s1. The Morgan fingerprint density at radius 2 is 2.38 bits per heavy atom. The van der Waals surface area contributed by atoms with Crippen LogP contribution in [0.1, 0.15) is 11.6 Å². The van der Waals surface area contributed by atoms with Crippen molar-refractivity contribution in [1.29, 1.82) is 0 Å². The highest BCUT2D eigenvalue weighted by Crippen LogP contribution is 2.25. The summed E-state index contributed by atoms with van der Waals surface area (Å²) < 4.78 is 0. The normalized spacial score (nSPS) is 27.8. The molecule has 0 aromatic carbocycles. The van der Waals surface area contributed by atoms with E-state index in [4.69, 9.17) is 5.11 Å². The van der Waals surface area contributed by atoms with E-state index in [-0.39, 0.29) is 6.61 Å². The number of aliphatic hydroxyl groups excluding tert-OH is 1. The Kier molecular flexibility index (Phi) is 2.57. The molecule has 13 heavy (non-hydrogen) atoms. The lowest BCUT2D eigenvalue weighted by molar-refractivity contribution is 0.225. The lowest BCUT2D eigenvalue weighted by Crippen LogP contribution is -2.15. The van der Waals surface area contributed by atoms with Crippen LogP contribution in [-0.2, 0) is 0 Å². The van der Waals surface area contributed by atoms with Crippen LogP contribution in [0.4, 0.5) is 0 Å². The number of rotatable bonds is 2. The number of nitrogens with one attached hydrogen (secondary N) is 1. The molecule has 1 aromatic rings. The fraction of sp³-hybridized carbons (Fsp3) is 0.500. The van der Waals surface area contributed by atoms with Crippen molar-refractivity contribution in [2.45, 2.75) is 5.92 Å². The number of nitrogens with zero attached hydrogens (tertiary/aromatic N) is 1. The number of aromatic nitrogens is 1. The molecular weight excluding hydrogens is 164 g/mol. The van der Waals surface area contributed by atoms with Gasteiger partial charge in [0, 0.05) is 43.4 Å². The van der Waals surface area contributed by atoms with Crippen molar-refractivity contribution in [3.05, 3.63) is 30.1 Å². The average Bonchev–Trinajstić information content (AvgIpc) is 2.67. The van der Waals surface area contributed by atoms with Crippen molar-refractivity contribution in [3.63, 3.8) is 0 Å². The zero-order chi connectivity index (χ0) is 9.10. The molecule has 3 nitrogen and oxygen atoms in total. The first-order valence-electron chi connectivity index (χ1n) is 4.64. The van der Waals surface area contributed by atoms with Gasteiger partial charge in [0.15, 0.2) is 0 Å². The highest BCUT2D eigenvalue weighted by Gasteiger charge is 2.28. The molecule has 1 aromatic heterocycles. The van der Waals surface area contributed by atoms with Gasteiger partial charge in [0.2, 0.25) is 0 Å². The Balaban J connectivity index is 2.16. The highest BCUT2D eigenvalue weighted by atomic mass is 16.3. The molecule has 2 atom stereocenters. The summed E-state index contributed by atoms with van der Waals surface area (Å²) in [5, 5.41) is 12.4. The number of aliphatic hydroxyl groups is 1. The first-order valence-corrected chi connectivity index (χ1v) is 4.64. The Hall–Kier alpha value is -0.930. The molecule has 1 aliphatic heterocycles. The van der Waals surface area contributed by atoms with Crippen molar-refractivity contribution < 1.29 is 5.11 Å². The maximum atomic E-state index is 9.13. The van der Waals surface area contributed by atoms with Gasteiger partial charge in [-0.3, -0.25) is 4.98 Å². The molecule has 2 N–H and O–H groups in total. The van der Waals surface area contributed by atoms with Crippen LogP contribution in [0.15, 0.2) is 24.4 Å². The molecule has 70 valence electrons. The Labute approximate surface area is 77.8 Å². The van der Waals surface area contributed by atoms with Gasteiger partial charge in [0.25, 0.3) is 0 Å². The molecule has 0 bridgehead atoms. The van der Waals surface area contributed by atoms with E-state index in [1.807, 2.05) is 24.4 Å². The predicted octanol–water partition coefficient (Wildman–Crippen LogP) is 0.377. The highest BCUT2D eigenvalue weighted by molar-refractivity contribution is 5.13. The third kappa shape index (κ3) is 1.71. The molecule has 1 saturated heterocycles. The number of hydrogen-bond donors (Lipinski definition) is 2. The zero-order valence-corrected chi connectivity index (χ0v) is 7.48. The van der Waals surface area contributed by atoms with Crippen LogP contribution in [0.5, 0.6) is 0 Å². The summed E-state index contributed by atoms with van der Waals surface area (Å²) in [6.45, 7) is 2.08. The maximum Gasteiger partial charge on any atom is 0.0478 e. The van der Waals surface area contributed by atoms with Crippen molar-refractivity contribution in [2.24, 2.45) is 5.92 Å². The van der Waals surface area contributed by atoms with Crippen LogP contribution < -0.4 is 5.32 Å². The quantitative estimate of drug-likeness (QED) is 0.688. The molecule has 1 fully saturated rings. The monoisotopic (exact) mass is 178 g/mol. The molecule has 0 radical (unpaired) electrons. The topological polar surface area (TPSA) is 45.1 Å². The van der Waals surface area contributed by atoms with Gasteiger partial charge in [-0.1, -0.05) is 6.07 Å². The van der Waals surface area contributed by atoms with Gasteiger partial charge in [0.1, 0.15) is 0 Å². The summed E-state index contributed by atoms with van der Waals surface area (Å²) >= 11 is 0. The SMILES string of the molecule is OC[C@H]1CNC[C@H]1c1ccccn1. The smallest absolute Gasteiger partial charge is 0.0478 e. The summed E-state index contributed by atoms with van der Waals surface area (Å²) in [6, 6.07) is 5.94. The molecule has 2 rings (SSSR count). The van der Waals surface area contributed by atoms with Gasteiger partial charge in [-0.15, -0.1) is 0 Å². The summed E-state index contributed by atoms with van der Waals surface area (Å²) in [6.07, 6.45) is 1.81. The van der Waals surface area contributed by atoms with E-state index in [0.717, 1.165) is 18.8 Å². The van der Waals surface area contributed by atoms with Gasteiger partial charge in [0.05, 0.1) is 0 Å². The largest absolute Gasteiger partial charge is 0.396 e. The molecule has 3 heteroatoms. The first kappa shape index (κ1) is 8.66. The van der Waals surface area contributed by atoms with Crippen molar-refractivity contribution >= 4 is 0 Å². The lowest BCUT2D eigenvalue weighted by atomic mass is 9.93. The minimum Gasteiger partial charge on any atom is -0.396 e. The second-order valence-electron chi connectivity index (χ2n) is 3.46. The van der Waals surface area contributed by atoms with Gasteiger partial charge in [-0.25, -0.2) is 0 Å². The number of hydrogen-bond acceptors (Lipinski definition) is 3. The summed E-state index contributed by atoms with van der Waals surface area (Å²) in [7, 11) is 0. The van der Waals surface area contributed by atoms with E-state index in [2.05, 4.69) is 10.3 Å².